The van der Waals surface area contributed by atoms with Gasteiger partial charge in [-0.1, -0.05) is 0 Å². The number of rotatable bonds is 2. The van der Waals surface area contributed by atoms with Crippen LogP contribution in [0.25, 0.3) is 0 Å². The number of nitrogens with zero attached hydrogens (tertiary/aromatic N) is 1. The third-order valence-corrected chi connectivity index (χ3v) is 5.16. The summed E-state index contributed by atoms with van der Waals surface area (Å²) in [5, 5.41) is 0. The normalized spacial score (nSPS) is 25.8. The molecular weight excluding hydrogens is 321 g/mol. The number of ketones is 1. The van der Waals surface area contributed by atoms with Gasteiger partial charge in [-0.2, -0.15) is 0 Å². The second kappa shape index (κ2) is 6.43. The van der Waals surface area contributed by atoms with Gasteiger partial charge in [0.05, 0.1) is 0 Å². The van der Waals surface area contributed by atoms with Crippen LogP contribution in [-0.4, -0.2) is 34.5 Å². The lowest BCUT2D eigenvalue weighted by Crippen LogP contribution is -2.49. The van der Waals surface area contributed by atoms with Gasteiger partial charge in [0.15, 0.2) is 5.78 Å². The summed E-state index contributed by atoms with van der Waals surface area (Å²) in [6.07, 6.45) is 2.87. The Labute approximate surface area is 148 Å². The summed E-state index contributed by atoms with van der Waals surface area (Å²) in [6.45, 7) is 7.35. The quantitative estimate of drug-likeness (QED) is 0.740. The first kappa shape index (κ1) is 17.9. The van der Waals surface area contributed by atoms with Crippen molar-refractivity contribution in [2.75, 3.05) is 0 Å². The number of fused-ring (bicyclic) bond motifs is 2. The first-order valence-electron chi connectivity index (χ1n) is 8.97. The SMILES string of the molecule is Cc1cc(F)ccc1C(=O)C1CC2CCC(C1)N2C(=O)OC(C)(C)C. The maximum Gasteiger partial charge on any atom is 0.410 e. The van der Waals surface area contributed by atoms with E-state index >= 15 is 0 Å². The second-order valence-electron chi connectivity index (χ2n) is 8.26. The van der Waals surface area contributed by atoms with Gasteiger partial charge in [0.25, 0.3) is 0 Å². The number of hydrogen-bond acceptors (Lipinski definition) is 3. The van der Waals surface area contributed by atoms with E-state index in [2.05, 4.69) is 0 Å². The van der Waals surface area contributed by atoms with Gasteiger partial charge in [0, 0.05) is 23.6 Å². The summed E-state index contributed by atoms with van der Waals surface area (Å²) in [4.78, 5) is 27.2. The Bertz CT molecular complexity index is 681. The number of carbonyl (C=O) groups is 2. The molecule has 2 aliphatic rings. The van der Waals surface area contributed by atoms with E-state index in [1.165, 1.54) is 12.1 Å². The standard InChI is InChI=1S/C20H26FNO3/c1-12-9-14(21)5-8-17(12)18(23)13-10-15-6-7-16(11-13)22(15)19(24)25-20(2,3)4/h5,8-9,13,15-16H,6-7,10-11H2,1-4H3. The zero-order valence-corrected chi connectivity index (χ0v) is 15.3. The summed E-state index contributed by atoms with van der Waals surface area (Å²) in [5.74, 6) is -0.368. The summed E-state index contributed by atoms with van der Waals surface area (Å²) < 4.78 is 18.8. The third-order valence-electron chi connectivity index (χ3n) is 5.16. The molecule has 2 atom stereocenters. The van der Waals surface area contributed by atoms with Crippen LogP contribution in [-0.2, 0) is 4.74 Å². The van der Waals surface area contributed by atoms with Crippen LogP contribution >= 0.6 is 0 Å². The molecule has 2 unspecified atom stereocenters. The monoisotopic (exact) mass is 347 g/mol. The molecule has 136 valence electrons. The second-order valence-corrected chi connectivity index (χ2v) is 8.26. The highest BCUT2D eigenvalue weighted by molar-refractivity contribution is 5.99. The van der Waals surface area contributed by atoms with Crippen LogP contribution in [0.4, 0.5) is 9.18 Å². The van der Waals surface area contributed by atoms with Gasteiger partial charge in [-0.15, -0.1) is 0 Å². The lowest BCUT2D eigenvalue weighted by atomic mass is 9.84. The molecule has 5 heteroatoms. The van der Waals surface area contributed by atoms with Gasteiger partial charge in [-0.25, -0.2) is 9.18 Å². The van der Waals surface area contributed by atoms with Crippen LogP contribution in [0.5, 0.6) is 0 Å². The first-order valence-corrected chi connectivity index (χ1v) is 8.97. The van der Waals surface area contributed by atoms with Gasteiger partial charge >= 0.3 is 6.09 Å². The number of piperidine rings is 1. The number of halogens is 1. The molecular formula is C20H26FNO3. The molecule has 2 heterocycles. The zero-order valence-electron chi connectivity index (χ0n) is 15.3. The summed E-state index contributed by atoms with van der Waals surface area (Å²) in [5.41, 5.74) is 0.748. The van der Waals surface area contributed by atoms with Crippen molar-refractivity contribution in [2.45, 2.75) is 71.1 Å². The molecule has 1 aromatic carbocycles. The molecule has 0 aromatic heterocycles. The van der Waals surface area contributed by atoms with Gasteiger partial charge < -0.3 is 9.64 Å². The fourth-order valence-electron chi connectivity index (χ4n) is 4.13. The van der Waals surface area contributed by atoms with Crippen molar-refractivity contribution in [1.29, 1.82) is 0 Å². The summed E-state index contributed by atoms with van der Waals surface area (Å²) in [7, 11) is 0. The van der Waals surface area contributed by atoms with E-state index in [1.807, 2.05) is 25.7 Å². The van der Waals surface area contributed by atoms with Crippen LogP contribution in [0.2, 0.25) is 0 Å². The maximum atomic E-state index is 13.3. The molecule has 25 heavy (non-hydrogen) atoms. The predicted octanol–water partition coefficient (Wildman–Crippen LogP) is 4.49. The first-order chi connectivity index (χ1) is 11.7. The molecule has 0 aliphatic carbocycles. The highest BCUT2D eigenvalue weighted by Crippen LogP contribution is 2.40. The lowest BCUT2D eigenvalue weighted by Gasteiger charge is -2.39. The number of hydrogen-bond donors (Lipinski definition) is 0. The van der Waals surface area contributed by atoms with Crippen molar-refractivity contribution < 1.29 is 18.7 Å². The van der Waals surface area contributed by atoms with E-state index < -0.39 is 5.60 Å². The molecule has 2 saturated heterocycles. The van der Waals surface area contributed by atoms with Crippen molar-refractivity contribution in [3.05, 3.63) is 35.1 Å². The van der Waals surface area contributed by atoms with Crippen molar-refractivity contribution in [2.24, 2.45) is 5.92 Å². The van der Waals surface area contributed by atoms with Crippen molar-refractivity contribution in [3.63, 3.8) is 0 Å². The van der Waals surface area contributed by atoms with Crippen molar-refractivity contribution in [3.8, 4) is 0 Å². The largest absolute Gasteiger partial charge is 0.444 e. The fourth-order valence-corrected chi connectivity index (χ4v) is 4.13. The number of ether oxygens (including phenoxy) is 1. The molecule has 3 rings (SSSR count). The van der Waals surface area contributed by atoms with E-state index in [1.54, 1.807) is 13.0 Å². The summed E-state index contributed by atoms with van der Waals surface area (Å²) >= 11 is 0. The minimum absolute atomic E-state index is 0.0586. The highest BCUT2D eigenvalue weighted by Gasteiger charge is 2.46. The molecule has 1 amide bonds. The molecule has 4 nitrogen and oxygen atoms in total. The third kappa shape index (κ3) is 3.70. The van der Waals surface area contributed by atoms with E-state index in [-0.39, 0.29) is 35.7 Å². The lowest BCUT2D eigenvalue weighted by molar-refractivity contribution is 0.00253. The molecule has 2 fully saturated rings. The van der Waals surface area contributed by atoms with E-state index in [0.717, 1.165) is 12.8 Å². The molecule has 2 aliphatic heterocycles. The molecule has 0 saturated carbocycles. The molecule has 1 aromatic rings. The topological polar surface area (TPSA) is 46.6 Å². The Morgan fingerprint density at radius 2 is 1.76 bits per heavy atom. The van der Waals surface area contributed by atoms with Crippen LogP contribution in [0, 0.1) is 18.7 Å². The van der Waals surface area contributed by atoms with Crippen LogP contribution in [0.3, 0.4) is 0 Å². The maximum absolute atomic E-state index is 13.3. The van der Waals surface area contributed by atoms with Crippen molar-refractivity contribution >= 4 is 11.9 Å². The highest BCUT2D eigenvalue weighted by atomic mass is 19.1. The van der Waals surface area contributed by atoms with Crippen LogP contribution < -0.4 is 0 Å². The van der Waals surface area contributed by atoms with E-state index in [9.17, 15) is 14.0 Å². The van der Waals surface area contributed by atoms with Gasteiger partial charge in [-0.3, -0.25) is 4.79 Å². The fraction of sp³-hybridized carbons (Fsp3) is 0.600. The van der Waals surface area contributed by atoms with Crippen LogP contribution in [0.1, 0.15) is 62.4 Å². The number of Topliss-reactive ketones (excluding diaryl/α,β-unsaturated/α-hetero) is 1. The number of amides is 1. The Balaban J connectivity index is 1.73. The predicted molar refractivity (Wildman–Crippen MR) is 93.1 cm³/mol. The Hall–Kier alpha value is -1.91. The summed E-state index contributed by atoms with van der Waals surface area (Å²) in [6, 6.07) is 4.43. The van der Waals surface area contributed by atoms with E-state index in [4.69, 9.17) is 4.74 Å². The number of benzene rings is 1. The minimum Gasteiger partial charge on any atom is -0.444 e. The average Bonchev–Trinajstić information content (AvgIpc) is 2.75. The Morgan fingerprint density at radius 1 is 1.16 bits per heavy atom. The molecule has 0 radical (unpaired) electrons. The van der Waals surface area contributed by atoms with E-state index in [0.29, 0.717) is 24.0 Å². The zero-order chi connectivity index (χ0) is 18.4. The van der Waals surface area contributed by atoms with Gasteiger partial charge in [0.2, 0.25) is 0 Å². The molecule has 0 spiro atoms. The van der Waals surface area contributed by atoms with Crippen LogP contribution in [0.15, 0.2) is 18.2 Å². The van der Waals surface area contributed by atoms with Gasteiger partial charge in [0.1, 0.15) is 11.4 Å². The molecule has 2 bridgehead atoms. The van der Waals surface area contributed by atoms with Crippen molar-refractivity contribution in [1.82, 2.24) is 4.90 Å². The number of aryl methyl sites for hydroxylation is 1. The number of carbonyl (C=O) groups excluding carboxylic acids is 2. The average molecular weight is 347 g/mol. The Kier molecular flexibility index (Phi) is 4.60. The Morgan fingerprint density at radius 3 is 2.28 bits per heavy atom. The molecule has 0 N–H and O–H groups in total. The van der Waals surface area contributed by atoms with Gasteiger partial charge in [-0.05, 0) is 77.1 Å². The smallest absolute Gasteiger partial charge is 0.410 e. The minimum atomic E-state index is -0.519.